The molecule has 0 aliphatic carbocycles. The molecular formula is C17H21N3O3. The number of H-pyrrole nitrogens is 1. The second kappa shape index (κ2) is 6.42. The van der Waals surface area contributed by atoms with Crippen molar-refractivity contribution < 1.29 is 14.7 Å². The predicted molar refractivity (Wildman–Crippen MR) is 87.6 cm³/mol. The number of carbonyl (C=O) groups excluding carboxylic acids is 1. The molecule has 3 rings (SSSR count). The molecule has 2 aromatic rings. The van der Waals surface area contributed by atoms with Crippen molar-refractivity contribution in [3.8, 4) is 0 Å². The number of amides is 1. The lowest BCUT2D eigenvalue weighted by Crippen LogP contribution is -2.38. The Morgan fingerprint density at radius 3 is 2.87 bits per heavy atom. The van der Waals surface area contributed by atoms with Crippen LogP contribution >= 0.6 is 0 Å². The second-order valence-electron chi connectivity index (χ2n) is 5.87. The molecule has 1 aromatic carbocycles. The first-order chi connectivity index (χ1) is 11.1. The third-order valence-corrected chi connectivity index (χ3v) is 4.41. The summed E-state index contributed by atoms with van der Waals surface area (Å²) in [6.07, 6.45) is 0.750. The molecule has 1 amide bonds. The first kappa shape index (κ1) is 15.6. The molecule has 23 heavy (non-hydrogen) atoms. The Hall–Kier alpha value is -2.34. The minimum absolute atomic E-state index is 0.118. The monoisotopic (exact) mass is 315 g/mol. The summed E-state index contributed by atoms with van der Waals surface area (Å²) in [5, 5.41) is 13.4. The number of hydrogen-bond donors (Lipinski definition) is 3. The maximum atomic E-state index is 12.9. The number of hydrogen-bond acceptors (Lipinski definition) is 3. The van der Waals surface area contributed by atoms with Crippen LogP contribution in [0.2, 0.25) is 0 Å². The maximum Gasteiger partial charge on any atom is 0.309 e. The molecule has 6 heteroatoms. The lowest BCUT2D eigenvalue weighted by Gasteiger charge is -2.22. The van der Waals surface area contributed by atoms with Crippen molar-refractivity contribution in [1.29, 1.82) is 0 Å². The van der Waals surface area contributed by atoms with E-state index in [1.54, 1.807) is 4.90 Å². The van der Waals surface area contributed by atoms with E-state index in [1.807, 2.05) is 31.2 Å². The number of para-hydroxylation sites is 1. The van der Waals surface area contributed by atoms with Crippen LogP contribution < -0.4 is 5.32 Å². The van der Waals surface area contributed by atoms with Gasteiger partial charge in [0.05, 0.1) is 5.92 Å². The van der Waals surface area contributed by atoms with Gasteiger partial charge in [-0.15, -0.1) is 0 Å². The normalized spacial score (nSPS) is 18.8. The summed E-state index contributed by atoms with van der Waals surface area (Å²) in [6.45, 7) is 3.78. The van der Waals surface area contributed by atoms with E-state index in [4.69, 9.17) is 0 Å². The van der Waals surface area contributed by atoms with Crippen LogP contribution in [0.1, 0.15) is 23.0 Å². The van der Waals surface area contributed by atoms with Gasteiger partial charge in [-0.05, 0) is 18.1 Å². The highest BCUT2D eigenvalue weighted by molar-refractivity contribution is 6.01. The topological polar surface area (TPSA) is 85.4 Å². The molecule has 2 heterocycles. The van der Waals surface area contributed by atoms with Crippen LogP contribution in [0.3, 0.4) is 0 Å². The molecule has 0 saturated carbocycles. The van der Waals surface area contributed by atoms with Crippen molar-refractivity contribution in [3.05, 3.63) is 35.5 Å². The van der Waals surface area contributed by atoms with Crippen molar-refractivity contribution in [1.82, 2.24) is 15.2 Å². The number of aromatic nitrogens is 1. The molecule has 1 saturated heterocycles. The number of carbonyl (C=O) groups is 2. The molecule has 1 aliphatic rings. The Morgan fingerprint density at radius 2 is 2.13 bits per heavy atom. The van der Waals surface area contributed by atoms with Crippen LogP contribution in [0.15, 0.2) is 24.3 Å². The average molecular weight is 315 g/mol. The second-order valence-corrected chi connectivity index (χ2v) is 5.87. The molecule has 3 N–H and O–H groups in total. The summed E-state index contributed by atoms with van der Waals surface area (Å²) < 4.78 is 0. The molecule has 1 fully saturated rings. The van der Waals surface area contributed by atoms with Gasteiger partial charge in [-0.1, -0.05) is 25.1 Å². The molecule has 6 nitrogen and oxygen atoms in total. The van der Waals surface area contributed by atoms with E-state index in [9.17, 15) is 14.7 Å². The van der Waals surface area contributed by atoms with E-state index in [0.717, 1.165) is 22.9 Å². The summed E-state index contributed by atoms with van der Waals surface area (Å²) in [5.41, 5.74) is 2.52. The summed E-state index contributed by atoms with van der Waals surface area (Å²) in [6, 6.07) is 7.85. The lowest BCUT2D eigenvalue weighted by atomic mass is 10.1. The Balaban J connectivity index is 1.94. The Bertz CT molecular complexity index is 738. The minimum atomic E-state index is -0.871. The number of aromatic amines is 1. The minimum Gasteiger partial charge on any atom is -0.481 e. The standard InChI is InChI=1S/C17H21N3O3/c1-2-12-13-5-3-4-6-14(13)19-15(12)16(21)20-8-7-18-9-11(10-20)17(22)23/h3-6,11,18-19H,2,7-10H2,1H3,(H,22,23)/t11-/m1/s1. The van der Waals surface area contributed by atoms with Crippen LogP contribution in [0.25, 0.3) is 10.9 Å². The molecule has 1 aromatic heterocycles. The molecular weight excluding hydrogens is 294 g/mol. The molecule has 0 spiro atoms. The summed E-state index contributed by atoms with van der Waals surface area (Å²) in [4.78, 5) is 29.1. The van der Waals surface area contributed by atoms with Gasteiger partial charge in [-0.3, -0.25) is 9.59 Å². The van der Waals surface area contributed by atoms with Gasteiger partial charge in [0.2, 0.25) is 0 Å². The number of fused-ring (bicyclic) bond motifs is 1. The number of nitrogens with one attached hydrogen (secondary N) is 2. The van der Waals surface area contributed by atoms with Crippen LogP contribution in [0, 0.1) is 5.92 Å². The number of benzene rings is 1. The largest absolute Gasteiger partial charge is 0.481 e. The van der Waals surface area contributed by atoms with E-state index in [1.165, 1.54) is 0 Å². The highest BCUT2D eigenvalue weighted by Gasteiger charge is 2.29. The Morgan fingerprint density at radius 1 is 1.35 bits per heavy atom. The highest BCUT2D eigenvalue weighted by Crippen LogP contribution is 2.24. The summed E-state index contributed by atoms with van der Waals surface area (Å²) in [5.74, 6) is -1.56. The van der Waals surface area contributed by atoms with E-state index in [2.05, 4.69) is 10.3 Å². The number of carboxylic acid groups (broad SMARTS) is 1. The van der Waals surface area contributed by atoms with E-state index < -0.39 is 11.9 Å². The smallest absolute Gasteiger partial charge is 0.309 e. The van der Waals surface area contributed by atoms with E-state index in [-0.39, 0.29) is 12.5 Å². The van der Waals surface area contributed by atoms with Crippen LogP contribution in [-0.4, -0.2) is 53.0 Å². The van der Waals surface area contributed by atoms with Crippen molar-refractivity contribution >= 4 is 22.8 Å². The fraction of sp³-hybridized carbons (Fsp3) is 0.412. The van der Waals surface area contributed by atoms with Gasteiger partial charge < -0.3 is 20.3 Å². The maximum absolute atomic E-state index is 12.9. The lowest BCUT2D eigenvalue weighted by molar-refractivity contribution is -0.141. The first-order valence-corrected chi connectivity index (χ1v) is 7.94. The molecule has 0 unspecified atom stereocenters. The van der Waals surface area contributed by atoms with Gasteiger partial charge in [0.15, 0.2) is 0 Å². The van der Waals surface area contributed by atoms with Gasteiger partial charge in [-0.2, -0.15) is 0 Å². The molecule has 122 valence electrons. The number of aryl methyl sites for hydroxylation is 1. The number of nitrogens with zero attached hydrogens (tertiary/aromatic N) is 1. The molecule has 0 radical (unpaired) electrons. The van der Waals surface area contributed by atoms with Gasteiger partial charge in [-0.25, -0.2) is 0 Å². The quantitative estimate of drug-likeness (QED) is 0.801. The third-order valence-electron chi connectivity index (χ3n) is 4.41. The number of carboxylic acids is 1. The van der Waals surface area contributed by atoms with Crippen LogP contribution in [0.4, 0.5) is 0 Å². The van der Waals surface area contributed by atoms with Crippen molar-refractivity contribution in [3.63, 3.8) is 0 Å². The fourth-order valence-corrected chi connectivity index (χ4v) is 3.17. The summed E-state index contributed by atoms with van der Waals surface area (Å²) in [7, 11) is 0. The van der Waals surface area contributed by atoms with E-state index >= 15 is 0 Å². The van der Waals surface area contributed by atoms with Crippen LogP contribution in [0.5, 0.6) is 0 Å². The van der Waals surface area contributed by atoms with Gasteiger partial charge in [0.25, 0.3) is 5.91 Å². The zero-order chi connectivity index (χ0) is 16.4. The fourth-order valence-electron chi connectivity index (χ4n) is 3.17. The summed E-state index contributed by atoms with van der Waals surface area (Å²) >= 11 is 0. The van der Waals surface area contributed by atoms with E-state index in [0.29, 0.717) is 25.3 Å². The SMILES string of the molecule is CCc1c(C(=O)N2CCNC[C@@H](C(=O)O)C2)[nH]c2ccccc12. The van der Waals surface area contributed by atoms with Crippen molar-refractivity contribution in [2.75, 3.05) is 26.2 Å². The zero-order valence-corrected chi connectivity index (χ0v) is 13.1. The average Bonchev–Trinajstić information content (AvgIpc) is 2.74. The van der Waals surface area contributed by atoms with Crippen LogP contribution in [-0.2, 0) is 11.2 Å². The predicted octanol–water partition coefficient (Wildman–Crippen LogP) is 1.48. The Labute approximate surface area is 134 Å². The highest BCUT2D eigenvalue weighted by atomic mass is 16.4. The molecule has 0 bridgehead atoms. The Kier molecular flexibility index (Phi) is 4.34. The van der Waals surface area contributed by atoms with Crippen molar-refractivity contribution in [2.45, 2.75) is 13.3 Å². The zero-order valence-electron chi connectivity index (χ0n) is 13.1. The molecule has 1 atom stereocenters. The van der Waals surface area contributed by atoms with Gasteiger partial charge >= 0.3 is 5.97 Å². The first-order valence-electron chi connectivity index (χ1n) is 7.94. The van der Waals surface area contributed by atoms with Gasteiger partial charge in [0, 0.05) is 37.1 Å². The third kappa shape index (κ3) is 2.94. The number of aliphatic carboxylic acids is 1. The molecule has 1 aliphatic heterocycles. The number of rotatable bonds is 3. The van der Waals surface area contributed by atoms with Crippen molar-refractivity contribution in [2.24, 2.45) is 5.92 Å². The van der Waals surface area contributed by atoms with Gasteiger partial charge in [0.1, 0.15) is 5.69 Å².